The molecule has 0 saturated carbocycles. The molecule has 0 fully saturated rings. The maximum Gasteiger partial charge on any atom is 0.251 e. The third kappa shape index (κ3) is 3.43. The number of rotatable bonds is 5. The van der Waals surface area contributed by atoms with Crippen molar-refractivity contribution >= 4 is 0 Å². The maximum atomic E-state index is 11.4. The van der Waals surface area contributed by atoms with E-state index >= 15 is 0 Å². The van der Waals surface area contributed by atoms with E-state index in [9.17, 15) is 4.79 Å². The first-order valence-electron chi connectivity index (χ1n) is 5.54. The van der Waals surface area contributed by atoms with Crippen molar-refractivity contribution in [3.05, 3.63) is 58.3 Å². The molecule has 2 aromatic rings. The zero-order chi connectivity index (χ0) is 12.8. The van der Waals surface area contributed by atoms with E-state index in [1.54, 1.807) is 7.11 Å². The van der Waals surface area contributed by atoms with E-state index in [-0.39, 0.29) is 12.2 Å². The molecule has 0 radical (unpaired) electrons. The lowest BCUT2D eigenvalue weighted by molar-refractivity contribution is 0.180. The molecule has 1 aromatic carbocycles. The molecule has 0 aliphatic rings. The summed E-state index contributed by atoms with van der Waals surface area (Å²) >= 11 is 0. The van der Waals surface area contributed by atoms with E-state index in [1.165, 1.54) is 6.07 Å². The van der Waals surface area contributed by atoms with Gasteiger partial charge in [0, 0.05) is 13.2 Å². The molecule has 0 amide bonds. The molecule has 0 bridgehead atoms. The topological polar surface area (TPSA) is 64.2 Å². The first-order chi connectivity index (χ1) is 8.78. The fourth-order valence-electron chi connectivity index (χ4n) is 1.52. The maximum absolute atomic E-state index is 11.4. The van der Waals surface area contributed by atoms with Crippen molar-refractivity contribution in [2.45, 2.75) is 13.2 Å². The van der Waals surface area contributed by atoms with Crippen LogP contribution in [0.2, 0.25) is 0 Å². The van der Waals surface area contributed by atoms with Crippen LogP contribution in [-0.4, -0.2) is 17.1 Å². The molecule has 0 saturated heterocycles. The average Bonchev–Trinajstić information content (AvgIpc) is 2.37. The van der Waals surface area contributed by atoms with Gasteiger partial charge in [-0.15, -0.1) is 0 Å². The van der Waals surface area contributed by atoms with Crippen LogP contribution in [0.1, 0.15) is 11.5 Å². The summed E-state index contributed by atoms with van der Waals surface area (Å²) in [6.45, 7) is 0.527. The van der Waals surface area contributed by atoms with Crippen LogP contribution in [0, 0.1) is 0 Å². The zero-order valence-electron chi connectivity index (χ0n) is 10.1. The second-order valence-electron chi connectivity index (χ2n) is 3.72. The van der Waals surface area contributed by atoms with Gasteiger partial charge in [0.25, 0.3) is 5.56 Å². The Morgan fingerprint density at radius 3 is 2.72 bits per heavy atom. The number of para-hydroxylation sites is 1. The average molecular weight is 246 g/mol. The van der Waals surface area contributed by atoms with Gasteiger partial charge in [0.1, 0.15) is 18.2 Å². The molecule has 0 spiro atoms. The van der Waals surface area contributed by atoms with E-state index < -0.39 is 0 Å². The molecule has 0 unspecified atom stereocenters. The molecule has 1 N–H and O–H groups in total. The van der Waals surface area contributed by atoms with Gasteiger partial charge in [-0.25, -0.2) is 4.98 Å². The second kappa shape index (κ2) is 5.97. The number of benzene rings is 1. The summed E-state index contributed by atoms with van der Waals surface area (Å²) in [5, 5.41) is 0. The number of nitrogens with one attached hydrogen (secondary N) is 1. The lowest BCUT2D eigenvalue weighted by atomic mass is 10.3. The predicted molar refractivity (Wildman–Crippen MR) is 66.3 cm³/mol. The predicted octanol–water partition coefficient (Wildman–Crippen LogP) is 1.50. The Balaban J connectivity index is 2.07. The number of nitrogens with zero attached hydrogens (tertiary/aromatic N) is 1. The minimum Gasteiger partial charge on any atom is -0.486 e. The first-order valence-corrected chi connectivity index (χ1v) is 5.54. The van der Waals surface area contributed by atoms with Crippen molar-refractivity contribution in [3.8, 4) is 5.75 Å². The van der Waals surface area contributed by atoms with Crippen LogP contribution in [0.25, 0.3) is 0 Å². The van der Waals surface area contributed by atoms with Gasteiger partial charge >= 0.3 is 0 Å². The van der Waals surface area contributed by atoms with Gasteiger partial charge in [0.2, 0.25) is 0 Å². The molecule has 94 valence electrons. The summed E-state index contributed by atoms with van der Waals surface area (Å²) in [7, 11) is 1.56. The van der Waals surface area contributed by atoms with Gasteiger partial charge in [-0.05, 0) is 12.1 Å². The van der Waals surface area contributed by atoms with Crippen LogP contribution in [0.3, 0.4) is 0 Å². The highest BCUT2D eigenvalue weighted by molar-refractivity contribution is 5.21. The molecule has 2 rings (SSSR count). The molecule has 0 aliphatic heterocycles. The van der Waals surface area contributed by atoms with Crippen LogP contribution in [0.5, 0.6) is 5.75 Å². The Labute approximate surface area is 104 Å². The van der Waals surface area contributed by atoms with Crippen LogP contribution < -0.4 is 10.3 Å². The van der Waals surface area contributed by atoms with Gasteiger partial charge in [0.05, 0.1) is 12.3 Å². The standard InChI is InChI=1S/C13H14N2O3/c1-17-8-10-7-13(16)15-12(14-10)9-18-11-5-3-2-4-6-11/h2-7H,8-9H2,1H3,(H,14,15,16). The van der Waals surface area contributed by atoms with Crippen LogP contribution in [0.15, 0.2) is 41.2 Å². The van der Waals surface area contributed by atoms with Gasteiger partial charge < -0.3 is 14.5 Å². The first kappa shape index (κ1) is 12.3. The molecule has 0 aliphatic carbocycles. The Morgan fingerprint density at radius 1 is 1.22 bits per heavy atom. The van der Waals surface area contributed by atoms with E-state index in [4.69, 9.17) is 9.47 Å². The zero-order valence-corrected chi connectivity index (χ0v) is 10.1. The van der Waals surface area contributed by atoms with Crippen molar-refractivity contribution < 1.29 is 9.47 Å². The summed E-state index contributed by atoms with van der Waals surface area (Å²) < 4.78 is 10.5. The Morgan fingerprint density at radius 2 is 2.00 bits per heavy atom. The normalized spacial score (nSPS) is 10.3. The summed E-state index contributed by atoms with van der Waals surface area (Å²) in [5.41, 5.74) is 0.386. The second-order valence-corrected chi connectivity index (χ2v) is 3.72. The molecule has 5 nitrogen and oxygen atoms in total. The van der Waals surface area contributed by atoms with Crippen molar-refractivity contribution in [2.75, 3.05) is 7.11 Å². The highest BCUT2D eigenvalue weighted by atomic mass is 16.5. The summed E-state index contributed by atoms with van der Waals surface area (Å²) in [4.78, 5) is 18.3. The van der Waals surface area contributed by atoms with Gasteiger partial charge in [0.15, 0.2) is 0 Å². The van der Waals surface area contributed by atoms with Crippen LogP contribution >= 0.6 is 0 Å². The van der Waals surface area contributed by atoms with E-state index in [1.807, 2.05) is 30.3 Å². The number of aromatic nitrogens is 2. The lowest BCUT2D eigenvalue weighted by Crippen LogP contribution is -2.14. The highest BCUT2D eigenvalue weighted by Crippen LogP contribution is 2.09. The van der Waals surface area contributed by atoms with E-state index in [0.29, 0.717) is 18.1 Å². The Bertz CT molecular complexity index is 552. The fraction of sp³-hybridized carbons (Fsp3) is 0.231. The number of hydrogen-bond acceptors (Lipinski definition) is 4. The van der Waals surface area contributed by atoms with Gasteiger partial charge in [-0.2, -0.15) is 0 Å². The third-order valence-corrected chi connectivity index (χ3v) is 2.25. The lowest BCUT2D eigenvalue weighted by Gasteiger charge is -2.06. The SMILES string of the molecule is COCc1cc(=O)[nH]c(COc2ccccc2)n1. The van der Waals surface area contributed by atoms with Crippen molar-refractivity contribution in [1.82, 2.24) is 9.97 Å². The fourth-order valence-corrected chi connectivity index (χ4v) is 1.52. The molecular formula is C13H14N2O3. The molecular weight excluding hydrogens is 232 g/mol. The quantitative estimate of drug-likeness (QED) is 0.868. The molecule has 18 heavy (non-hydrogen) atoms. The van der Waals surface area contributed by atoms with Crippen molar-refractivity contribution in [1.29, 1.82) is 0 Å². The number of methoxy groups -OCH3 is 1. The molecule has 0 atom stereocenters. The molecule has 5 heteroatoms. The van der Waals surface area contributed by atoms with Gasteiger partial charge in [-0.1, -0.05) is 18.2 Å². The smallest absolute Gasteiger partial charge is 0.251 e. The van der Waals surface area contributed by atoms with Crippen LogP contribution in [0.4, 0.5) is 0 Å². The highest BCUT2D eigenvalue weighted by Gasteiger charge is 2.02. The van der Waals surface area contributed by atoms with Crippen LogP contribution in [-0.2, 0) is 18.0 Å². The monoisotopic (exact) mass is 246 g/mol. The third-order valence-electron chi connectivity index (χ3n) is 2.25. The summed E-state index contributed by atoms with van der Waals surface area (Å²) in [5.74, 6) is 1.22. The largest absolute Gasteiger partial charge is 0.486 e. The van der Waals surface area contributed by atoms with Crippen molar-refractivity contribution in [3.63, 3.8) is 0 Å². The minimum atomic E-state index is -0.205. The molecule has 1 aromatic heterocycles. The Hall–Kier alpha value is -2.14. The summed E-state index contributed by atoms with van der Waals surface area (Å²) in [6, 6.07) is 10.8. The number of aromatic amines is 1. The van der Waals surface area contributed by atoms with E-state index in [2.05, 4.69) is 9.97 Å². The number of H-pyrrole nitrogens is 1. The molecule has 1 heterocycles. The number of ether oxygens (including phenoxy) is 2. The Kier molecular flexibility index (Phi) is 4.09. The summed E-state index contributed by atoms with van der Waals surface area (Å²) in [6.07, 6.45) is 0. The minimum absolute atomic E-state index is 0.205. The van der Waals surface area contributed by atoms with Crippen molar-refractivity contribution in [2.24, 2.45) is 0 Å². The number of hydrogen-bond donors (Lipinski definition) is 1. The van der Waals surface area contributed by atoms with E-state index in [0.717, 1.165) is 5.75 Å². The van der Waals surface area contributed by atoms with Gasteiger partial charge in [-0.3, -0.25) is 4.79 Å².